The van der Waals surface area contributed by atoms with Crippen LogP contribution in [0.15, 0.2) is 71.6 Å². The van der Waals surface area contributed by atoms with Crippen LogP contribution in [0.3, 0.4) is 0 Å². The standard InChI is InChI=1S/C22H20Cl2N2O5S/c1-2-30-19-5-3-17(4-6-19)25-22(27)14-31-20-7-9-21(10-8-20)32(28,29)26-18-12-15(23)11-16(24)13-18/h3-13,26H,2,14H2,1H3,(H,25,27). The van der Waals surface area contributed by atoms with Gasteiger partial charge in [0.1, 0.15) is 11.5 Å². The lowest BCUT2D eigenvalue weighted by Gasteiger charge is -2.11. The first-order valence-electron chi connectivity index (χ1n) is 9.49. The first kappa shape index (κ1) is 23.7. The number of amides is 1. The van der Waals surface area contributed by atoms with Crippen molar-refractivity contribution < 1.29 is 22.7 Å². The summed E-state index contributed by atoms with van der Waals surface area (Å²) >= 11 is 11.8. The van der Waals surface area contributed by atoms with Crippen molar-refractivity contribution in [1.82, 2.24) is 0 Å². The SMILES string of the molecule is CCOc1ccc(NC(=O)COc2ccc(S(=O)(=O)Nc3cc(Cl)cc(Cl)c3)cc2)cc1. The predicted octanol–water partition coefficient (Wildman–Crippen LogP) is 5.21. The number of rotatable bonds is 9. The van der Waals surface area contributed by atoms with Gasteiger partial charge in [0, 0.05) is 15.7 Å². The molecule has 0 aliphatic carbocycles. The van der Waals surface area contributed by atoms with E-state index in [2.05, 4.69) is 10.0 Å². The Morgan fingerprint density at radius 3 is 2.00 bits per heavy atom. The largest absolute Gasteiger partial charge is 0.494 e. The summed E-state index contributed by atoms with van der Waals surface area (Å²) < 4.78 is 38.3. The van der Waals surface area contributed by atoms with Gasteiger partial charge in [-0.25, -0.2) is 8.42 Å². The molecule has 0 saturated heterocycles. The van der Waals surface area contributed by atoms with Crippen LogP contribution in [-0.2, 0) is 14.8 Å². The molecule has 0 bridgehead atoms. The molecule has 3 rings (SSSR count). The molecule has 3 aromatic carbocycles. The maximum Gasteiger partial charge on any atom is 0.262 e. The fourth-order valence-corrected chi connectivity index (χ4v) is 4.26. The highest BCUT2D eigenvalue weighted by Gasteiger charge is 2.15. The Hall–Kier alpha value is -2.94. The van der Waals surface area contributed by atoms with Gasteiger partial charge in [-0.2, -0.15) is 0 Å². The van der Waals surface area contributed by atoms with E-state index in [0.717, 1.165) is 0 Å². The van der Waals surface area contributed by atoms with Crippen LogP contribution in [0.2, 0.25) is 10.0 Å². The molecule has 7 nitrogen and oxygen atoms in total. The van der Waals surface area contributed by atoms with Crippen LogP contribution in [0, 0.1) is 0 Å². The average molecular weight is 495 g/mol. The summed E-state index contributed by atoms with van der Waals surface area (Å²) in [5.74, 6) is 0.701. The average Bonchev–Trinajstić information content (AvgIpc) is 2.73. The van der Waals surface area contributed by atoms with E-state index in [1.807, 2.05) is 6.92 Å². The monoisotopic (exact) mass is 494 g/mol. The number of hydrogen-bond donors (Lipinski definition) is 2. The molecular weight excluding hydrogens is 475 g/mol. The molecule has 168 valence electrons. The van der Waals surface area contributed by atoms with Crippen molar-refractivity contribution >= 4 is 50.5 Å². The minimum absolute atomic E-state index is 0.0137. The Morgan fingerprint density at radius 2 is 1.41 bits per heavy atom. The molecule has 2 N–H and O–H groups in total. The van der Waals surface area contributed by atoms with Crippen LogP contribution in [-0.4, -0.2) is 27.5 Å². The highest BCUT2D eigenvalue weighted by atomic mass is 35.5. The number of sulfonamides is 1. The van der Waals surface area contributed by atoms with Gasteiger partial charge in [-0.05, 0) is 73.7 Å². The summed E-state index contributed by atoms with van der Waals surface area (Å²) in [4.78, 5) is 12.1. The van der Waals surface area contributed by atoms with Crippen molar-refractivity contribution in [3.8, 4) is 11.5 Å². The van der Waals surface area contributed by atoms with Crippen LogP contribution >= 0.6 is 23.2 Å². The summed E-state index contributed by atoms with van der Waals surface area (Å²) in [6.07, 6.45) is 0. The molecule has 0 radical (unpaired) electrons. The highest BCUT2D eigenvalue weighted by Crippen LogP contribution is 2.25. The van der Waals surface area contributed by atoms with Crippen LogP contribution in [0.25, 0.3) is 0 Å². The third-order valence-corrected chi connectivity index (χ3v) is 5.90. The second-order valence-electron chi connectivity index (χ2n) is 6.53. The van der Waals surface area contributed by atoms with Gasteiger partial charge in [0.25, 0.3) is 15.9 Å². The third-order valence-electron chi connectivity index (χ3n) is 4.07. The molecule has 32 heavy (non-hydrogen) atoms. The van der Waals surface area contributed by atoms with Crippen molar-refractivity contribution in [3.63, 3.8) is 0 Å². The Bertz CT molecular complexity index is 1160. The molecule has 0 unspecified atom stereocenters. The molecule has 0 fully saturated rings. The Labute approximate surface area is 196 Å². The zero-order valence-corrected chi connectivity index (χ0v) is 19.3. The molecule has 0 saturated carbocycles. The van der Waals surface area contributed by atoms with Gasteiger partial charge < -0.3 is 14.8 Å². The minimum atomic E-state index is -3.86. The lowest BCUT2D eigenvalue weighted by atomic mass is 10.3. The number of carbonyl (C=O) groups excluding carboxylic acids is 1. The zero-order chi connectivity index (χ0) is 23.1. The van der Waals surface area contributed by atoms with Crippen molar-refractivity contribution in [1.29, 1.82) is 0 Å². The van der Waals surface area contributed by atoms with Crippen molar-refractivity contribution in [2.75, 3.05) is 23.3 Å². The lowest BCUT2D eigenvalue weighted by Crippen LogP contribution is -2.20. The van der Waals surface area contributed by atoms with E-state index in [9.17, 15) is 13.2 Å². The first-order chi connectivity index (χ1) is 15.2. The molecule has 10 heteroatoms. The summed E-state index contributed by atoms with van der Waals surface area (Å²) in [6, 6.07) is 17.0. The summed E-state index contributed by atoms with van der Waals surface area (Å²) in [6.45, 7) is 2.21. The second-order valence-corrected chi connectivity index (χ2v) is 9.08. The van der Waals surface area contributed by atoms with Gasteiger partial charge in [0.15, 0.2) is 6.61 Å². The van der Waals surface area contributed by atoms with E-state index in [1.165, 1.54) is 42.5 Å². The number of halogens is 2. The van der Waals surface area contributed by atoms with Crippen LogP contribution in [0.5, 0.6) is 11.5 Å². The third kappa shape index (κ3) is 6.78. The van der Waals surface area contributed by atoms with Gasteiger partial charge in [0.05, 0.1) is 17.2 Å². The van der Waals surface area contributed by atoms with Crippen molar-refractivity contribution in [3.05, 3.63) is 76.8 Å². The fraction of sp³-hybridized carbons (Fsp3) is 0.136. The van der Waals surface area contributed by atoms with Crippen LogP contribution < -0.4 is 19.5 Å². The van der Waals surface area contributed by atoms with Crippen molar-refractivity contribution in [2.24, 2.45) is 0 Å². The number of ether oxygens (including phenoxy) is 2. The second kappa shape index (κ2) is 10.6. The van der Waals surface area contributed by atoms with Gasteiger partial charge in [-0.1, -0.05) is 23.2 Å². The summed E-state index contributed by atoms with van der Waals surface area (Å²) in [5, 5.41) is 3.32. The minimum Gasteiger partial charge on any atom is -0.494 e. The Kier molecular flexibility index (Phi) is 7.84. The number of anilines is 2. The molecule has 1 amide bonds. The zero-order valence-electron chi connectivity index (χ0n) is 17.0. The molecule has 0 atom stereocenters. The van der Waals surface area contributed by atoms with E-state index in [1.54, 1.807) is 24.3 Å². The Balaban J connectivity index is 1.56. The highest BCUT2D eigenvalue weighted by molar-refractivity contribution is 7.92. The number of benzene rings is 3. The normalized spacial score (nSPS) is 11.0. The smallest absolute Gasteiger partial charge is 0.262 e. The van der Waals surface area contributed by atoms with E-state index in [4.69, 9.17) is 32.7 Å². The van der Waals surface area contributed by atoms with E-state index < -0.39 is 10.0 Å². The maximum atomic E-state index is 12.6. The van der Waals surface area contributed by atoms with Gasteiger partial charge >= 0.3 is 0 Å². The summed E-state index contributed by atoms with van der Waals surface area (Å²) in [7, 11) is -3.86. The van der Waals surface area contributed by atoms with Gasteiger partial charge in [-0.3, -0.25) is 9.52 Å². The van der Waals surface area contributed by atoms with Crippen molar-refractivity contribution in [2.45, 2.75) is 11.8 Å². The molecule has 0 aromatic heterocycles. The lowest BCUT2D eigenvalue weighted by molar-refractivity contribution is -0.118. The predicted molar refractivity (Wildman–Crippen MR) is 125 cm³/mol. The summed E-state index contributed by atoms with van der Waals surface area (Å²) in [5.41, 5.74) is 0.851. The van der Waals surface area contributed by atoms with E-state index in [0.29, 0.717) is 33.8 Å². The molecule has 0 aliphatic rings. The van der Waals surface area contributed by atoms with E-state index in [-0.39, 0.29) is 23.1 Å². The molecule has 0 heterocycles. The molecule has 3 aromatic rings. The van der Waals surface area contributed by atoms with Gasteiger partial charge in [-0.15, -0.1) is 0 Å². The molecule has 0 spiro atoms. The maximum absolute atomic E-state index is 12.6. The van der Waals surface area contributed by atoms with Crippen LogP contribution in [0.4, 0.5) is 11.4 Å². The van der Waals surface area contributed by atoms with Crippen LogP contribution in [0.1, 0.15) is 6.92 Å². The van der Waals surface area contributed by atoms with Gasteiger partial charge in [0.2, 0.25) is 0 Å². The first-order valence-corrected chi connectivity index (χ1v) is 11.7. The quantitative estimate of drug-likeness (QED) is 0.425. The fourth-order valence-electron chi connectivity index (χ4n) is 2.69. The van der Waals surface area contributed by atoms with E-state index >= 15 is 0 Å². The topological polar surface area (TPSA) is 93.7 Å². The number of carbonyl (C=O) groups is 1. The number of hydrogen-bond acceptors (Lipinski definition) is 5. The Morgan fingerprint density at radius 1 is 0.844 bits per heavy atom. The molecular formula is C22H20Cl2N2O5S. The molecule has 0 aliphatic heterocycles. The number of nitrogens with one attached hydrogen (secondary N) is 2.